The molecule has 0 fully saturated rings. The summed E-state index contributed by atoms with van der Waals surface area (Å²) in [6.45, 7) is 0.441. The van der Waals surface area contributed by atoms with E-state index in [2.05, 4.69) is 17.4 Å². The van der Waals surface area contributed by atoms with Crippen molar-refractivity contribution in [2.75, 3.05) is 5.32 Å². The molecule has 5 rings (SSSR count). The fourth-order valence-electron chi connectivity index (χ4n) is 3.76. The molecule has 1 N–H and O–H groups in total. The van der Waals surface area contributed by atoms with Crippen molar-refractivity contribution in [3.05, 3.63) is 102 Å². The van der Waals surface area contributed by atoms with E-state index in [-0.39, 0.29) is 0 Å². The number of hydrogen-bond donors (Lipinski definition) is 1. The molecule has 0 amide bonds. The summed E-state index contributed by atoms with van der Waals surface area (Å²) in [6, 6.07) is 27.2. The molecule has 0 unspecified atom stereocenters. The Kier molecular flexibility index (Phi) is 4.66. The van der Waals surface area contributed by atoms with Crippen LogP contribution in [0.4, 0.5) is 18.9 Å². The number of fused-ring (bicyclic) bond motifs is 3. The van der Waals surface area contributed by atoms with Gasteiger partial charge in [-0.25, -0.2) is 0 Å². The molecule has 1 heterocycles. The third-order valence-electron chi connectivity index (χ3n) is 5.38. The summed E-state index contributed by atoms with van der Waals surface area (Å²) in [6.07, 6.45) is -4.31. The molecule has 0 aliphatic heterocycles. The van der Waals surface area contributed by atoms with Gasteiger partial charge < -0.3 is 9.73 Å². The highest BCUT2D eigenvalue weighted by atomic mass is 19.4. The van der Waals surface area contributed by atoms with E-state index in [0.29, 0.717) is 6.54 Å². The zero-order chi connectivity index (χ0) is 21.4. The number of para-hydroxylation sites is 2. The summed E-state index contributed by atoms with van der Waals surface area (Å²) in [5.41, 5.74) is 4.80. The van der Waals surface area contributed by atoms with Crippen molar-refractivity contribution < 1.29 is 17.6 Å². The minimum atomic E-state index is -4.31. The second-order valence-electron chi connectivity index (χ2n) is 7.41. The smallest absolute Gasteiger partial charge is 0.416 e. The molecule has 31 heavy (non-hydrogen) atoms. The highest BCUT2D eigenvalue weighted by Crippen LogP contribution is 2.36. The van der Waals surface area contributed by atoms with E-state index in [1.54, 1.807) is 0 Å². The highest BCUT2D eigenvalue weighted by Gasteiger charge is 2.29. The Morgan fingerprint density at radius 3 is 2.16 bits per heavy atom. The van der Waals surface area contributed by atoms with Gasteiger partial charge in [0, 0.05) is 28.6 Å². The monoisotopic (exact) mass is 417 g/mol. The van der Waals surface area contributed by atoms with Crippen molar-refractivity contribution in [1.29, 1.82) is 0 Å². The highest BCUT2D eigenvalue weighted by molar-refractivity contribution is 6.09. The molecule has 0 saturated heterocycles. The minimum absolute atomic E-state index is 0.441. The van der Waals surface area contributed by atoms with Gasteiger partial charge in [-0.2, -0.15) is 13.2 Å². The Labute approximate surface area is 176 Å². The molecule has 0 saturated carbocycles. The maximum absolute atomic E-state index is 12.7. The van der Waals surface area contributed by atoms with Gasteiger partial charge in [0.15, 0.2) is 0 Å². The molecule has 0 spiro atoms. The average Bonchev–Trinajstić information content (AvgIpc) is 3.17. The van der Waals surface area contributed by atoms with Gasteiger partial charge in [-0.1, -0.05) is 60.7 Å². The molecule has 5 heteroatoms. The quantitative estimate of drug-likeness (QED) is 0.322. The Balaban J connectivity index is 1.36. The van der Waals surface area contributed by atoms with E-state index >= 15 is 0 Å². The Hall–Kier alpha value is -3.73. The van der Waals surface area contributed by atoms with E-state index in [1.807, 2.05) is 54.6 Å². The van der Waals surface area contributed by atoms with Gasteiger partial charge in [-0.15, -0.1) is 0 Å². The Morgan fingerprint density at radius 2 is 1.42 bits per heavy atom. The standard InChI is InChI=1S/C26H18F3NO/c27-26(28,29)19-12-8-17(9-13-19)16-30-20-14-10-18(11-15-20)21-5-3-6-23-22-4-1-2-7-24(22)31-25(21)23/h1-15,30H,16H2. The van der Waals surface area contributed by atoms with Crippen molar-refractivity contribution in [2.45, 2.75) is 12.7 Å². The van der Waals surface area contributed by atoms with E-state index in [0.717, 1.165) is 56.4 Å². The van der Waals surface area contributed by atoms with Crippen LogP contribution in [0.3, 0.4) is 0 Å². The van der Waals surface area contributed by atoms with Gasteiger partial charge in [0.1, 0.15) is 11.2 Å². The molecule has 1 aromatic heterocycles. The lowest BCUT2D eigenvalue weighted by Crippen LogP contribution is -2.05. The average molecular weight is 417 g/mol. The van der Waals surface area contributed by atoms with Gasteiger partial charge >= 0.3 is 6.18 Å². The zero-order valence-electron chi connectivity index (χ0n) is 16.4. The molecule has 154 valence electrons. The second-order valence-corrected chi connectivity index (χ2v) is 7.41. The number of nitrogens with one attached hydrogen (secondary N) is 1. The SMILES string of the molecule is FC(F)(F)c1ccc(CNc2ccc(-c3cccc4c3oc3ccccc34)cc2)cc1. The predicted octanol–water partition coefficient (Wildman–Crippen LogP) is 7.88. The predicted molar refractivity (Wildman–Crippen MR) is 118 cm³/mol. The van der Waals surface area contributed by atoms with Crippen LogP contribution in [0.2, 0.25) is 0 Å². The number of furan rings is 1. The largest absolute Gasteiger partial charge is 0.455 e. The van der Waals surface area contributed by atoms with Gasteiger partial charge in [0.05, 0.1) is 5.56 Å². The van der Waals surface area contributed by atoms with Crippen LogP contribution in [0.25, 0.3) is 33.1 Å². The van der Waals surface area contributed by atoms with E-state index in [4.69, 9.17) is 4.42 Å². The minimum Gasteiger partial charge on any atom is -0.455 e. The van der Waals surface area contributed by atoms with Crippen LogP contribution in [0, 0.1) is 0 Å². The van der Waals surface area contributed by atoms with Crippen LogP contribution >= 0.6 is 0 Å². The fraction of sp³-hybridized carbons (Fsp3) is 0.0769. The second kappa shape index (κ2) is 7.51. The molecule has 4 aromatic carbocycles. The third kappa shape index (κ3) is 3.75. The first-order chi connectivity index (χ1) is 15.0. The third-order valence-corrected chi connectivity index (χ3v) is 5.38. The molecular weight excluding hydrogens is 399 g/mol. The number of hydrogen-bond acceptors (Lipinski definition) is 2. The number of benzene rings is 4. The van der Waals surface area contributed by atoms with Crippen molar-refractivity contribution in [3.8, 4) is 11.1 Å². The fourth-order valence-corrected chi connectivity index (χ4v) is 3.76. The summed E-state index contributed by atoms with van der Waals surface area (Å²) in [4.78, 5) is 0. The van der Waals surface area contributed by atoms with Crippen LogP contribution in [0.15, 0.2) is 95.4 Å². The normalized spacial score (nSPS) is 11.8. The summed E-state index contributed by atoms with van der Waals surface area (Å²) in [5, 5.41) is 5.42. The Morgan fingerprint density at radius 1 is 0.710 bits per heavy atom. The van der Waals surface area contributed by atoms with Crippen LogP contribution in [-0.2, 0) is 12.7 Å². The van der Waals surface area contributed by atoms with Crippen LogP contribution in [0.5, 0.6) is 0 Å². The maximum Gasteiger partial charge on any atom is 0.416 e. The molecular formula is C26H18F3NO. The van der Waals surface area contributed by atoms with Gasteiger partial charge in [0.2, 0.25) is 0 Å². The lowest BCUT2D eigenvalue weighted by atomic mass is 10.0. The van der Waals surface area contributed by atoms with E-state index < -0.39 is 11.7 Å². The summed E-state index contributed by atoms with van der Waals surface area (Å²) in [5.74, 6) is 0. The molecule has 0 aliphatic carbocycles. The van der Waals surface area contributed by atoms with Crippen LogP contribution in [-0.4, -0.2) is 0 Å². The number of anilines is 1. The lowest BCUT2D eigenvalue weighted by Gasteiger charge is -2.10. The van der Waals surface area contributed by atoms with Crippen molar-refractivity contribution >= 4 is 27.6 Å². The summed E-state index contributed by atoms with van der Waals surface area (Å²) >= 11 is 0. The summed E-state index contributed by atoms with van der Waals surface area (Å²) in [7, 11) is 0. The maximum atomic E-state index is 12.7. The van der Waals surface area contributed by atoms with Gasteiger partial charge in [0.25, 0.3) is 0 Å². The molecule has 0 atom stereocenters. The molecule has 0 bridgehead atoms. The first-order valence-electron chi connectivity index (χ1n) is 9.90. The first-order valence-corrected chi connectivity index (χ1v) is 9.90. The van der Waals surface area contributed by atoms with Gasteiger partial charge in [-0.05, 0) is 41.5 Å². The van der Waals surface area contributed by atoms with E-state index in [1.165, 1.54) is 12.1 Å². The van der Waals surface area contributed by atoms with E-state index in [9.17, 15) is 13.2 Å². The molecule has 0 radical (unpaired) electrons. The zero-order valence-corrected chi connectivity index (χ0v) is 16.4. The topological polar surface area (TPSA) is 25.2 Å². The molecule has 5 aromatic rings. The van der Waals surface area contributed by atoms with Crippen molar-refractivity contribution in [2.24, 2.45) is 0 Å². The van der Waals surface area contributed by atoms with Crippen LogP contribution < -0.4 is 5.32 Å². The molecule has 2 nitrogen and oxygen atoms in total. The number of rotatable bonds is 4. The van der Waals surface area contributed by atoms with Crippen molar-refractivity contribution in [3.63, 3.8) is 0 Å². The number of halogens is 3. The molecule has 0 aliphatic rings. The van der Waals surface area contributed by atoms with Crippen LogP contribution in [0.1, 0.15) is 11.1 Å². The first kappa shape index (κ1) is 19.2. The number of alkyl halides is 3. The lowest BCUT2D eigenvalue weighted by molar-refractivity contribution is -0.137. The Bertz CT molecular complexity index is 1350. The van der Waals surface area contributed by atoms with Gasteiger partial charge in [-0.3, -0.25) is 0 Å². The summed E-state index contributed by atoms with van der Waals surface area (Å²) < 4.78 is 44.2. The van der Waals surface area contributed by atoms with Crippen molar-refractivity contribution in [1.82, 2.24) is 0 Å².